The first kappa shape index (κ1) is 21.1. The lowest BCUT2D eigenvalue weighted by atomic mass is 9.99. The van der Waals surface area contributed by atoms with Crippen molar-refractivity contribution in [2.24, 2.45) is 0 Å². The van der Waals surface area contributed by atoms with Crippen molar-refractivity contribution in [3.63, 3.8) is 0 Å². The number of hydrogen-bond acceptors (Lipinski definition) is 3. The predicted octanol–water partition coefficient (Wildman–Crippen LogP) is 4.85. The molecule has 1 saturated heterocycles. The van der Waals surface area contributed by atoms with E-state index in [4.69, 9.17) is 0 Å². The number of benzene rings is 3. The molecular weight excluding hydrogens is 400 g/mol. The van der Waals surface area contributed by atoms with E-state index in [9.17, 15) is 14.9 Å². The molecule has 0 saturated carbocycles. The van der Waals surface area contributed by atoms with Crippen LogP contribution in [0.5, 0.6) is 0 Å². The fraction of sp³-hybridized carbons (Fsp3) is 0.192. The Kier molecular flexibility index (Phi) is 6.18. The Balaban J connectivity index is 1.44. The lowest BCUT2D eigenvalue weighted by Crippen LogP contribution is -2.53. The molecule has 1 aliphatic heterocycles. The van der Waals surface area contributed by atoms with Crippen molar-refractivity contribution in [1.82, 2.24) is 5.32 Å². The first-order chi connectivity index (χ1) is 15.5. The zero-order valence-electron chi connectivity index (χ0n) is 17.8. The standard InChI is InChI=1S/C26H24N4O2/c1-18-8-12-21(13-9-18)28-26(32)29-24-7-4-16-30(25(24)31)22-14-10-19(11-15-22)23-6-3-2-5-20(23)17-27/h2-3,5-6,8-15,24H,4,7,16H2,1H3,(H2,28,29,32). The summed E-state index contributed by atoms with van der Waals surface area (Å²) in [5, 5.41) is 14.9. The summed E-state index contributed by atoms with van der Waals surface area (Å²) >= 11 is 0. The van der Waals surface area contributed by atoms with E-state index in [-0.39, 0.29) is 5.91 Å². The highest BCUT2D eigenvalue weighted by molar-refractivity contribution is 6.01. The topological polar surface area (TPSA) is 85.2 Å². The molecule has 1 heterocycles. The van der Waals surface area contributed by atoms with E-state index in [1.807, 2.05) is 73.7 Å². The molecule has 1 atom stereocenters. The van der Waals surface area contributed by atoms with Gasteiger partial charge in [-0.1, -0.05) is 48.0 Å². The molecule has 0 bridgehead atoms. The van der Waals surface area contributed by atoms with Gasteiger partial charge >= 0.3 is 6.03 Å². The minimum Gasteiger partial charge on any atom is -0.326 e. The molecule has 3 aromatic carbocycles. The monoisotopic (exact) mass is 424 g/mol. The molecule has 160 valence electrons. The summed E-state index contributed by atoms with van der Waals surface area (Å²) in [5.41, 5.74) is 4.95. The minimum atomic E-state index is -0.576. The largest absolute Gasteiger partial charge is 0.326 e. The molecule has 2 N–H and O–H groups in total. The van der Waals surface area contributed by atoms with Crippen LogP contribution >= 0.6 is 0 Å². The average molecular weight is 425 g/mol. The molecule has 0 radical (unpaired) electrons. The second-order valence-corrected chi connectivity index (χ2v) is 7.85. The zero-order chi connectivity index (χ0) is 22.5. The Morgan fingerprint density at radius 2 is 1.75 bits per heavy atom. The SMILES string of the molecule is Cc1ccc(NC(=O)NC2CCCN(c3ccc(-c4ccccc4C#N)cc3)C2=O)cc1. The number of nitriles is 1. The van der Waals surface area contributed by atoms with E-state index in [0.717, 1.165) is 28.8 Å². The number of carbonyl (C=O) groups excluding carboxylic acids is 2. The summed E-state index contributed by atoms with van der Waals surface area (Å²) in [6, 6.07) is 23.8. The van der Waals surface area contributed by atoms with Crippen molar-refractivity contribution >= 4 is 23.3 Å². The van der Waals surface area contributed by atoms with Gasteiger partial charge in [0.05, 0.1) is 11.6 Å². The molecule has 0 aromatic heterocycles. The third kappa shape index (κ3) is 4.62. The zero-order valence-corrected chi connectivity index (χ0v) is 17.8. The quantitative estimate of drug-likeness (QED) is 0.628. The number of rotatable bonds is 4. The van der Waals surface area contributed by atoms with Crippen molar-refractivity contribution < 1.29 is 9.59 Å². The fourth-order valence-electron chi connectivity index (χ4n) is 3.88. The first-order valence-electron chi connectivity index (χ1n) is 10.6. The van der Waals surface area contributed by atoms with Gasteiger partial charge in [-0.25, -0.2) is 4.79 Å². The van der Waals surface area contributed by atoms with Gasteiger partial charge in [0.1, 0.15) is 6.04 Å². The summed E-state index contributed by atoms with van der Waals surface area (Å²) in [6.45, 7) is 2.58. The summed E-state index contributed by atoms with van der Waals surface area (Å²) in [7, 11) is 0. The minimum absolute atomic E-state index is 0.125. The van der Waals surface area contributed by atoms with E-state index >= 15 is 0 Å². The molecule has 3 amide bonds. The molecule has 32 heavy (non-hydrogen) atoms. The Morgan fingerprint density at radius 1 is 1.03 bits per heavy atom. The number of hydrogen-bond donors (Lipinski definition) is 2. The number of amides is 3. The summed E-state index contributed by atoms with van der Waals surface area (Å²) in [6.07, 6.45) is 1.39. The molecule has 6 nitrogen and oxygen atoms in total. The van der Waals surface area contributed by atoms with E-state index in [1.54, 1.807) is 11.0 Å². The smallest absolute Gasteiger partial charge is 0.319 e. The van der Waals surface area contributed by atoms with Gasteiger partial charge in [-0.15, -0.1) is 0 Å². The van der Waals surface area contributed by atoms with Crippen LogP contribution in [0, 0.1) is 18.3 Å². The Morgan fingerprint density at radius 3 is 2.47 bits per heavy atom. The maximum atomic E-state index is 13.1. The van der Waals surface area contributed by atoms with Crippen molar-refractivity contribution in [1.29, 1.82) is 5.26 Å². The molecule has 1 aliphatic rings. The number of carbonyl (C=O) groups is 2. The third-order valence-electron chi connectivity index (χ3n) is 5.59. The maximum absolute atomic E-state index is 13.1. The van der Waals surface area contributed by atoms with Gasteiger partial charge in [0.2, 0.25) is 5.91 Å². The van der Waals surface area contributed by atoms with E-state index in [2.05, 4.69) is 16.7 Å². The molecular formula is C26H24N4O2. The Bertz CT molecular complexity index is 1160. The van der Waals surface area contributed by atoms with E-state index in [1.165, 1.54) is 0 Å². The van der Waals surface area contributed by atoms with Gasteiger partial charge < -0.3 is 15.5 Å². The number of aryl methyl sites for hydroxylation is 1. The van der Waals surface area contributed by atoms with Crippen LogP contribution in [-0.2, 0) is 4.79 Å². The molecule has 1 unspecified atom stereocenters. The fourth-order valence-corrected chi connectivity index (χ4v) is 3.88. The van der Waals surface area contributed by atoms with E-state index in [0.29, 0.717) is 24.2 Å². The van der Waals surface area contributed by atoms with Crippen LogP contribution in [-0.4, -0.2) is 24.5 Å². The van der Waals surface area contributed by atoms with Crippen LogP contribution in [0.4, 0.5) is 16.2 Å². The van der Waals surface area contributed by atoms with Crippen LogP contribution in [0.2, 0.25) is 0 Å². The molecule has 0 aliphatic carbocycles. The number of nitrogens with zero attached hydrogens (tertiary/aromatic N) is 2. The molecule has 0 spiro atoms. The van der Waals surface area contributed by atoms with Crippen molar-refractivity contribution in [3.05, 3.63) is 83.9 Å². The van der Waals surface area contributed by atoms with Crippen LogP contribution in [0.1, 0.15) is 24.0 Å². The predicted molar refractivity (Wildman–Crippen MR) is 125 cm³/mol. The maximum Gasteiger partial charge on any atom is 0.319 e. The first-order valence-corrected chi connectivity index (χ1v) is 10.6. The van der Waals surface area contributed by atoms with Crippen LogP contribution < -0.4 is 15.5 Å². The molecule has 6 heteroatoms. The van der Waals surface area contributed by atoms with Crippen LogP contribution in [0.3, 0.4) is 0 Å². The van der Waals surface area contributed by atoms with Gasteiger partial charge in [-0.3, -0.25) is 4.79 Å². The Labute approximate surface area is 187 Å². The van der Waals surface area contributed by atoms with Gasteiger partial charge in [0.25, 0.3) is 0 Å². The van der Waals surface area contributed by atoms with Crippen molar-refractivity contribution in [2.45, 2.75) is 25.8 Å². The number of anilines is 2. The summed E-state index contributed by atoms with van der Waals surface area (Å²) in [4.78, 5) is 27.2. The average Bonchev–Trinajstić information content (AvgIpc) is 2.82. The van der Waals surface area contributed by atoms with Gasteiger partial charge in [0.15, 0.2) is 0 Å². The van der Waals surface area contributed by atoms with Gasteiger partial charge in [-0.05, 0) is 61.2 Å². The normalized spacial score (nSPS) is 15.7. The highest BCUT2D eigenvalue weighted by Gasteiger charge is 2.30. The lowest BCUT2D eigenvalue weighted by molar-refractivity contribution is -0.121. The second kappa shape index (κ2) is 9.36. The number of urea groups is 1. The second-order valence-electron chi connectivity index (χ2n) is 7.85. The van der Waals surface area contributed by atoms with Gasteiger partial charge in [0, 0.05) is 17.9 Å². The molecule has 1 fully saturated rings. The van der Waals surface area contributed by atoms with Crippen LogP contribution in [0.25, 0.3) is 11.1 Å². The summed E-state index contributed by atoms with van der Waals surface area (Å²) in [5.74, 6) is -0.125. The molecule has 3 aromatic rings. The Hall–Kier alpha value is -4.11. The van der Waals surface area contributed by atoms with Crippen molar-refractivity contribution in [2.75, 3.05) is 16.8 Å². The lowest BCUT2D eigenvalue weighted by Gasteiger charge is -2.32. The van der Waals surface area contributed by atoms with Gasteiger partial charge in [-0.2, -0.15) is 5.26 Å². The highest BCUT2D eigenvalue weighted by atomic mass is 16.2. The molecule has 4 rings (SSSR count). The van der Waals surface area contributed by atoms with Crippen LogP contribution in [0.15, 0.2) is 72.8 Å². The third-order valence-corrected chi connectivity index (χ3v) is 5.59. The summed E-state index contributed by atoms with van der Waals surface area (Å²) < 4.78 is 0. The number of nitrogens with one attached hydrogen (secondary N) is 2. The van der Waals surface area contributed by atoms with Crippen molar-refractivity contribution in [3.8, 4) is 17.2 Å². The van der Waals surface area contributed by atoms with E-state index < -0.39 is 12.1 Å². The highest BCUT2D eigenvalue weighted by Crippen LogP contribution is 2.27. The number of piperidine rings is 1.